The standard InChI is InChI=1S/C23H32N2O4S.C13H13NO.C8H17N3O3S/c1-2-5-22(27)25-12-10-18(11-13-25)30(28,29)15-21(26)24-23-19-8-3-6-16(19)14-17-7-4-9-20(17)23;14-8-15-13-11-5-1-3-9(11)7-10-4-2-6-12(10)13;1-2-10-8(12)11-5-3-7(4-6-11)15(9,13)14/h14,18H,2-13,15H2,1H3,(H,24,26);7H,1-6H2;7H,2-6H2,1H3,(H,10,12)(H2,9,13,14). The number of hydrogen-bond donors (Lipinski definition) is 3. The van der Waals surface area contributed by atoms with E-state index in [2.05, 4.69) is 22.8 Å². The number of nitrogens with zero attached hydrogens (tertiary/aromatic N) is 3. The second kappa shape index (κ2) is 20.1. The van der Waals surface area contributed by atoms with Crippen molar-refractivity contribution >= 4 is 43.4 Å². The van der Waals surface area contributed by atoms with Gasteiger partial charge in [-0.3, -0.25) is 9.59 Å². The van der Waals surface area contributed by atoms with E-state index in [1.165, 1.54) is 57.3 Å². The third-order valence-corrected chi connectivity index (χ3v) is 16.5. The molecule has 0 bridgehead atoms. The summed E-state index contributed by atoms with van der Waals surface area (Å²) in [7, 11) is -6.99. The summed E-state index contributed by atoms with van der Waals surface area (Å²) in [6, 6.07) is 4.50. The van der Waals surface area contributed by atoms with Gasteiger partial charge in [-0.2, -0.15) is 0 Å². The second-order valence-electron chi connectivity index (χ2n) is 16.9. The summed E-state index contributed by atoms with van der Waals surface area (Å²) in [6.07, 6.45) is 17.9. The van der Waals surface area contributed by atoms with Crippen LogP contribution < -0.4 is 20.5 Å². The molecular weight excluding hydrogens is 805 g/mol. The molecule has 2 heterocycles. The number of anilines is 1. The number of sulfone groups is 1. The van der Waals surface area contributed by atoms with Crippen molar-refractivity contribution in [2.45, 2.75) is 140 Å². The fourth-order valence-electron chi connectivity index (χ4n) is 9.86. The van der Waals surface area contributed by atoms with Gasteiger partial charge in [0, 0.05) is 44.8 Å². The Bertz CT molecular complexity index is 2120. The largest absolute Gasteiger partial charge is 0.387 e. The van der Waals surface area contributed by atoms with E-state index >= 15 is 0 Å². The van der Waals surface area contributed by atoms with Crippen LogP contribution in [0.3, 0.4) is 0 Å². The topological polar surface area (TPSA) is 209 Å². The number of sulfonamides is 1. The number of urea groups is 1. The van der Waals surface area contributed by atoms with Gasteiger partial charge in [0.25, 0.3) is 6.26 Å². The van der Waals surface area contributed by atoms with Crippen molar-refractivity contribution in [2.75, 3.05) is 43.8 Å². The van der Waals surface area contributed by atoms with Gasteiger partial charge < -0.3 is 25.2 Å². The number of carbonyl (C=O) groups is 3. The molecule has 4 amide bonds. The molecule has 4 aliphatic carbocycles. The molecule has 14 nitrogen and oxygen atoms in total. The van der Waals surface area contributed by atoms with E-state index in [0.29, 0.717) is 64.8 Å². The van der Waals surface area contributed by atoms with Crippen LogP contribution in [0.1, 0.15) is 123 Å². The molecule has 16 heteroatoms. The van der Waals surface area contributed by atoms with Crippen LogP contribution in [-0.4, -0.2) is 93.5 Å². The van der Waals surface area contributed by atoms with Gasteiger partial charge in [-0.05, 0) is 161 Å². The summed E-state index contributed by atoms with van der Waals surface area (Å²) in [5, 5.41) is 18.4. The number of likely N-dealkylation sites (tertiary alicyclic amines) is 2. The van der Waals surface area contributed by atoms with Gasteiger partial charge in [-0.25, -0.2) is 26.8 Å². The number of nitrogens with one attached hydrogen (secondary N) is 2. The summed E-state index contributed by atoms with van der Waals surface area (Å²) in [6.45, 7) is 6.21. The molecule has 2 fully saturated rings. The van der Waals surface area contributed by atoms with Crippen LogP contribution in [-0.2, 0) is 80.8 Å². The number of ether oxygens (including phenoxy) is 1. The fourth-order valence-corrected chi connectivity index (χ4v) is 12.3. The Labute approximate surface area is 355 Å². The van der Waals surface area contributed by atoms with Gasteiger partial charge in [0.05, 0.1) is 10.5 Å². The van der Waals surface area contributed by atoms with E-state index in [0.717, 1.165) is 82.1 Å². The normalized spacial score (nSPS) is 18.4. The Morgan fingerprint density at radius 3 is 1.67 bits per heavy atom. The number of nitrogens with two attached hydrogens (primary N) is 1. The van der Waals surface area contributed by atoms with E-state index in [-0.39, 0.29) is 11.9 Å². The van der Waals surface area contributed by atoms with Crippen LogP contribution in [0.25, 0.3) is 0 Å². The summed E-state index contributed by atoms with van der Waals surface area (Å²) in [4.78, 5) is 39.6. The van der Waals surface area contributed by atoms with Crippen molar-refractivity contribution in [1.82, 2.24) is 15.1 Å². The molecule has 0 aromatic heterocycles. The highest BCUT2D eigenvalue weighted by Crippen LogP contribution is 2.41. The van der Waals surface area contributed by atoms with E-state index in [1.807, 2.05) is 20.1 Å². The maximum absolute atomic E-state index is 12.9. The molecule has 4 N–H and O–H groups in total. The molecule has 0 atom stereocenters. The number of hydrogen-bond acceptors (Lipinski definition) is 9. The summed E-state index contributed by atoms with van der Waals surface area (Å²) in [5.74, 6) is 0.103. The van der Waals surface area contributed by atoms with Crippen LogP contribution >= 0.6 is 0 Å². The lowest BCUT2D eigenvalue weighted by Crippen LogP contribution is -2.47. The first kappa shape index (κ1) is 45.3. The Hall–Kier alpha value is -4.20. The molecule has 2 aromatic carbocycles. The number of fused-ring (bicyclic) bond motifs is 4. The van der Waals surface area contributed by atoms with Crippen molar-refractivity contribution in [2.24, 2.45) is 5.14 Å². The highest BCUT2D eigenvalue weighted by atomic mass is 32.2. The average molecular weight is 867 g/mol. The fraction of sp³-hybridized carbons (Fsp3) is 0.636. The van der Waals surface area contributed by atoms with Gasteiger partial charge in [-0.1, -0.05) is 19.1 Å². The van der Waals surface area contributed by atoms with Crippen molar-refractivity contribution < 1.29 is 36.0 Å². The highest BCUT2D eigenvalue weighted by Gasteiger charge is 2.34. The Morgan fingerprint density at radius 2 is 1.20 bits per heavy atom. The van der Waals surface area contributed by atoms with E-state index in [4.69, 9.17) is 15.1 Å². The Balaban J connectivity index is 0.000000168. The van der Waals surface area contributed by atoms with E-state index in [1.54, 1.807) is 9.80 Å². The van der Waals surface area contributed by atoms with Gasteiger partial charge in [0.2, 0.25) is 21.8 Å². The molecule has 2 aliphatic heterocycles. The third kappa shape index (κ3) is 10.8. The number of primary sulfonamides is 1. The number of benzene rings is 2. The predicted octanol–water partition coefficient (Wildman–Crippen LogP) is 4.80. The molecular formula is C44H62N6O8S2. The smallest absolute Gasteiger partial charge is 0.317 e. The second-order valence-corrected chi connectivity index (χ2v) is 21.0. The SMILES string of the molecule is CCCC(=O)N1CCC(S(=O)(=O)CC(=O)Nc2c3c(cc4c2CCC4)CCC3)CC1.CCNC(=O)N1CCC(S(N)(=O)=O)CC1.N#COc1c2c(cc3c1CCC3)CCC2. The highest BCUT2D eigenvalue weighted by molar-refractivity contribution is 7.92. The first-order valence-electron chi connectivity index (χ1n) is 22.0. The zero-order valence-electron chi connectivity index (χ0n) is 35.3. The predicted molar refractivity (Wildman–Crippen MR) is 231 cm³/mol. The van der Waals surface area contributed by atoms with Crippen molar-refractivity contribution in [3.05, 3.63) is 56.6 Å². The number of carbonyl (C=O) groups excluding carboxylic acids is 3. The van der Waals surface area contributed by atoms with Gasteiger partial charge in [0.1, 0.15) is 11.5 Å². The lowest BCUT2D eigenvalue weighted by atomic mass is 9.98. The molecule has 0 spiro atoms. The zero-order chi connectivity index (χ0) is 43.0. The summed E-state index contributed by atoms with van der Waals surface area (Å²) >= 11 is 0. The van der Waals surface area contributed by atoms with Crippen LogP contribution in [0, 0.1) is 11.5 Å². The van der Waals surface area contributed by atoms with Gasteiger partial charge in [-0.15, -0.1) is 5.26 Å². The first-order valence-corrected chi connectivity index (χ1v) is 25.3. The van der Waals surface area contributed by atoms with E-state index < -0.39 is 42.0 Å². The maximum atomic E-state index is 12.9. The molecule has 2 saturated heterocycles. The van der Waals surface area contributed by atoms with Gasteiger partial charge >= 0.3 is 6.03 Å². The molecule has 0 saturated carbocycles. The molecule has 0 radical (unpaired) electrons. The first-order chi connectivity index (χ1) is 28.7. The number of amides is 4. The molecule has 0 unspecified atom stereocenters. The number of rotatable bonds is 9. The minimum Gasteiger partial charge on any atom is -0.387 e. The Kier molecular flexibility index (Phi) is 15.2. The summed E-state index contributed by atoms with van der Waals surface area (Å²) < 4.78 is 53.1. The van der Waals surface area contributed by atoms with Gasteiger partial charge in [0.15, 0.2) is 9.84 Å². The van der Waals surface area contributed by atoms with E-state index in [9.17, 15) is 31.2 Å². The van der Waals surface area contributed by atoms with Crippen molar-refractivity contribution in [3.8, 4) is 12.0 Å². The minimum absolute atomic E-state index is 0.0953. The number of nitriles is 1. The lowest BCUT2D eigenvalue weighted by molar-refractivity contribution is -0.132. The monoisotopic (exact) mass is 866 g/mol. The molecule has 60 heavy (non-hydrogen) atoms. The van der Waals surface area contributed by atoms with Crippen LogP contribution in [0.5, 0.6) is 5.75 Å². The third-order valence-electron chi connectivity index (χ3n) is 12.9. The molecule has 2 aromatic rings. The zero-order valence-corrected chi connectivity index (χ0v) is 36.9. The minimum atomic E-state index is -3.54. The lowest BCUT2D eigenvalue weighted by Gasteiger charge is -2.31. The summed E-state index contributed by atoms with van der Waals surface area (Å²) in [5.41, 5.74) is 11.4. The quantitative estimate of drug-likeness (QED) is 0.296. The maximum Gasteiger partial charge on any atom is 0.317 e. The molecule has 6 aliphatic rings. The van der Waals surface area contributed by atoms with Crippen molar-refractivity contribution in [3.63, 3.8) is 0 Å². The van der Waals surface area contributed by atoms with Crippen LogP contribution in [0.15, 0.2) is 12.1 Å². The number of aryl methyl sites for hydroxylation is 4. The molecule has 8 rings (SSSR count). The van der Waals surface area contributed by atoms with Crippen LogP contribution in [0.2, 0.25) is 0 Å². The Morgan fingerprint density at radius 1 is 0.733 bits per heavy atom. The van der Waals surface area contributed by atoms with Crippen LogP contribution in [0.4, 0.5) is 10.5 Å². The number of piperidine rings is 2. The average Bonchev–Trinajstić information content (AvgIpc) is 4.06. The van der Waals surface area contributed by atoms with Crippen molar-refractivity contribution in [1.29, 1.82) is 5.26 Å². The molecule has 328 valence electrons.